The maximum atomic E-state index is 5.81. The van der Waals surface area contributed by atoms with Crippen molar-refractivity contribution in [2.45, 2.75) is 38.7 Å². The Morgan fingerprint density at radius 1 is 1.42 bits per heavy atom. The lowest BCUT2D eigenvalue weighted by molar-refractivity contribution is 0.0659. The summed E-state index contributed by atoms with van der Waals surface area (Å²) in [5, 5.41) is 3.37. The van der Waals surface area contributed by atoms with E-state index in [9.17, 15) is 0 Å². The SMILES string of the molecule is Cc1cc(NCCOC2CCCC2)ccc1C(N)=S. The van der Waals surface area contributed by atoms with Gasteiger partial charge in [-0.25, -0.2) is 0 Å². The molecule has 104 valence electrons. The van der Waals surface area contributed by atoms with Crippen molar-refractivity contribution in [3.63, 3.8) is 0 Å². The third kappa shape index (κ3) is 4.18. The van der Waals surface area contributed by atoms with Crippen molar-refractivity contribution < 1.29 is 4.74 Å². The average Bonchev–Trinajstić information content (AvgIpc) is 2.87. The standard InChI is InChI=1S/C15H22N2OS/c1-11-10-12(6-7-14(11)15(16)19)17-8-9-18-13-4-2-3-5-13/h6-7,10,13,17H,2-5,8-9H2,1H3,(H2,16,19). The van der Waals surface area contributed by atoms with Crippen molar-refractivity contribution >= 4 is 22.9 Å². The molecule has 0 amide bonds. The number of nitrogens with two attached hydrogens (primary N) is 1. The molecular formula is C15H22N2OS. The van der Waals surface area contributed by atoms with E-state index in [2.05, 4.69) is 11.4 Å². The number of aryl methyl sites for hydroxylation is 1. The largest absolute Gasteiger partial charge is 0.389 e. The van der Waals surface area contributed by atoms with Gasteiger partial charge in [-0.2, -0.15) is 0 Å². The summed E-state index contributed by atoms with van der Waals surface area (Å²) < 4.78 is 5.81. The van der Waals surface area contributed by atoms with Crippen LogP contribution in [0.5, 0.6) is 0 Å². The first-order valence-corrected chi connectivity index (χ1v) is 7.33. The molecule has 4 heteroatoms. The summed E-state index contributed by atoms with van der Waals surface area (Å²) in [7, 11) is 0. The third-order valence-corrected chi connectivity index (χ3v) is 3.80. The van der Waals surface area contributed by atoms with Crippen LogP contribution in [-0.4, -0.2) is 24.2 Å². The topological polar surface area (TPSA) is 47.3 Å². The zero-order chi connectivity index (χ0) is 13.7. The molecule has 0 atom stereocenters. The van der Waals surface area contributed by atoms with Crippen LogP contribution in [0.1, 0.15) is 36.8 Å². The number of rotatable bonds is 6. The van der Waals surface area contributed by atoms with Crippen LogP contribution in [0.25, 0.3) is 0 Å². The normalized spacial score (nSPS) is 15.6. The second kappa shape index (κ2) is 6.87. The van der Waals surface area contributed by atoms with Crippen molar-refractivity contribution in [3.8, 4) is 0 Å². The summed E-state index contributed by atoms with van der Waals surface area (Å²) in [5.74, 6) is 0. The molecule has 1 aliphatic carbocycles. The van der Waals surface area contributed by atoms with Crippen LogP contribution in [0, 0.1) is 6.92 Å². The molecule has 1 aromatic carbocycles. The van der Waals surface area contributed by atoms with Crippen LogP contribution >= 0.6 is 12.2 Å². The maximum absolute atomic E-state index is 5.81. The average molecular weight is 278 g/mol. The summed E-state index contributed by atoms with van der Waals surface area (Å²) in [6.45, 7) is 3.62. The van der Waals surface area contributed by atoms with Gasteiger partial charge in [0.05, 0.1) is 12.7 Å². The minimum absolute atomic E-state index is 0.452. The minimum Gasteiger partial charge on any atom is -0.389 e. The maximum Gasteiger partial charge on any atom is 0.104 e. The van der Waals surface area contributed by atoms with Crippen molar-refractivity contribution in [1.82, 2.24) is 0 Å². The Kier molecular flexibility index (Phi) is 5.16. The lowest BCUT2D eigenvalue weighted by Gasteiger charge is -2.13. The van der Waals surface area contributed by atoms with Gasteiger partial charge in [-0.05, 0) is 43.5 Å². The fourth-order valence-electron chi connectivity index (χ4n) is 2.53. The molecular weight excluding hydrogens is 256 g/mol. The van der Waals surface area contributed by atoms with Gasteiger partial charge in [-0.1, -0.05) is 25.1 Å². The van der Waals surface area contributed by atoms with Gasteiger partial charge in [0.1, 0.15) is 4.99 Å². The molecule has 0 radical (unpaired) electrons. The number of ether oxygens (including phenoxy) is 1. The van der Waals surface area contributed by atoms with Crippen molar-refractivity contribution in [1.29, 1.82) is 0 Å². The van der Waals surface area contributed by atoms with Gasteiger partial charge in [0.15, 0.2) is 0 Å². The van der Waals surface area contributed by atoms with Gasteiger partial charge in [0.2, 0.25) is 0 Å². The molecule has 0 unspecified atom stereocenters. The van der Waals surface area contributed by atoms with E-state index in [0.29, 0.717) is 11.1 Å². The number of benzene rings is 1. The van der Waals surface area contributed by atoms with Crippen molar-refractivity contribution in [3.05, 3.63) is 29.3 Å². The smallest absolute Gasteiger partial charge is 0.104 e. The first kappa shape index (κ1) is 14.3. The van der Waals surface area contributed by atoms with Crippen LogP contribution < -0.4 is 11.1 Å². The zero-order valence-electron chi connectivity index (χ0n) is 11.4. The summed E-state index contributed by atoms with van der Waals surface area (Å²) in [5.41, 5.74) is 8.79. The van der Waals surface area contributed by atoms with E-state index in [1.807, 2.05) is 19.1 Å². The summed E-state index contributed by atoms with van der Waals surface area (Å²) >= 11 is 5.00. The van der Waals surface area contributed by atoms with E-state index in [0.717, 1.165) is 30.0 Å². The summed E-state index contributed by atoms with van der Waals surface area (Å²) in [4.78, 5) is 0.452. The predicted molar refractivity (Wildman–Crippen MR) is 83.8 cm³/mol. The molecule has 0 spiro atoms. The van der Waals surface area contributed by atoms with Crippen molar-refractivity contribution in [2.75, 3.05) is 18.5 Å². The molecule has 2 rings (SSSR count). The Hall–Kier alpha value is -1.13. The first-order chi connectivity index (χ1) is 9.16. The van der Waals surface area contributed by atoms with E-state index >= 15 is 0 Å². The lowest BCUT2D eigenvalue weighted by Crippen LogP contribution is -2.16. The monoisotopic (exact) mass is 278 g/mol. The van der Waals surface area contributed by atoms with Crippen LogP contribution in [0.2, 0.25) is 0 Å². The molecule has 0 aromatic heterocycles. The Labute approximate surface area is 120 Å². The third-order valence-electron chi connectivity index (χ3n) is 3.58. The molecule has 1 fully saturated rings. The first-order valence-electron chi connectivity index (χ1n) is 6.93. The zero-order valence-corrected chi connectivity index (χ0v) is 12.3. The van der Waals surface area contributed by atoms with Gasteiger partial charge in [0.25, 0.3) is 0 Å². The van der Waals surface area contributed by atoms with E-state index < -0.39 is 0 Å². The van der Waals surface area contributed by atoms with Gasteiger partial charge < -0.3 is 15.8 Å². The molecule has 19 heavy (non-hydrogen) atoms. The van der Waals surface area contributed by atoms with E-state index in [1.54, 1.807) is 0 Å². The molecule has 0 bridgehead atoms. The molecule has 0 aliphatic heterocycles. The van der Waals surface area contributed by atoms with Crippen molar-refractivity contribution in [2.24, 2.45) is 5.73 Å². The minimum atomic E-state index is 0.452. The Bertz CT molecular complexity index is 442. The number of hydrogen-bond acceptors (Lipinski definition) is 3. The number of anilines is 1. The molecule has 0 saturated heterocycles. The molecule has 1 aliphatic rings. The second-order valence-corrected chi connectivity index (χ2v) is 5.54. The quantitative estimate of drug-likeness (QED) is 0.620. The Morgan fingerprint density at radius 3 is 2.79 bits per heavy atom. The highest BCUT2D eigenvalue weighted by Gasteiger charge is 2.14. The van der Waals surface area contributed by atoms with E-state index in [1.165, 1.54) is 25.7 Å². The van der Waals surface area contributed by atoms with Crippen LogP contribution in [0.4, 0.5) is 5.69 Å². The highest BCUT2D eigenvalue weighted by Crippen LogP contribution is 2.20. The van der Waals surface area contributed by atoms with E-state index in [4.69, 9.17) is 22.7 Å². The number of nitrogens with one attached hydrogen (secondary N) is 1. The van der Waals surface area contributed by atoms with E-state index in [-0.39, 0.29) is 0 Å². The second-order valence-electron chi connectivity index (χ2n) is 5.10. The highest BCUT2D eigenvalue weighted by atomic mass is 32.1. The number of hydrogen-bond donors (Lipinski definition) is 2. The summed E-state index contributed by atoms with van der Waals surface area (Å²) in [6, 6.07) is 6.05. The molecule has 1 saturated carbocycles. The fraction of sp³-hybridized carbons (Fsp3) is 0.533. The Morgan fingerprint density at radius 2 is 2.16 bits per heavy atom. The molecule has 1 aromatic rings. The highest BCUT2D eigenvalue weighted by molar-refractivity contribution is 7.80. The van der Waals surface area contributed by atoms with Crippen LogP contribution in [0.15, 0.2) is 18.2 Å². The summed E-state index contributed by atoms with van der Waals surface area (Å²) in [6.07, 6.45) is 5.57. The van der Waals surface area contributed by atoms with Gasteiger partial charge in [0, 0.05) is 17.8 Å². The van der Waals surface area contributed by atoms with Gasteiger partial charge >= 0.3 is 0 Å². The molecule has 0 heterocycles. The Balaban J connectivity index is 1.76. The fourth-order valence-corrected chi connectivity index (χ4v) is 2.76. The molecule has 3 N–H and O–H groups in total. The predicted octanol–water partition coefficient (Wildman–Crippen LogP) is 3.00. The van der Waals surface area contributed by atoms with Gasteiger partial charge in [-0.15, -0.1) is 0 Å². The lowest BCUT2D eigenvalue weighted by atomic mass is 10.1. The number of thiocarbonyl (C=S) groups is 1. The van der Waals surface area contributed by atoms with Crippen LogP contribution in [0.3, 0.4) is 0 Å². The van der Waals surface area contributed by atoms with Gasteiger partial charge in [-0.3, -0.25) is 0 Å². The van der Waals surface area contributed by atoms with Crippen LogP contribution in [-0.2, 0) is 4.74 Å². The molecule has 3 nitrogen and oxygen atoms in total.